The molecule has 1 aromatic carbocycles. The second-order valence-electron chi connectivity index (χ2n) is 5.71. The van der Waals surface area contributed by atoms with Crippen LogP contribution in [0.3, 0.4) is 0 Å². The summed E-state index contributed by atoms with van der Waals surface area (Å²) >= 11 is 0. The van der Waals surface area contributed by atoms with Crippen molar-refractivity contribution in [2.45, 2.75) is 24.0 Å². The van der Waals surface area contributed by atoms with Gasteiger partial charge in [0.05, 0.1) is 0 Å². The first kappa shape index (κ1) is 15.8. The predicted octanol–water partition coefficient (Wildman–Crippen LogP) is 0.694. The number of hydrogen-bond donors (Lipinski definition) is 2. The van der Waals surface area contributed by atoms with Crippen molar-refractivity contribution in [3.05, 3.63) is 29.8 Å². The minimum absolute atomic E-state index is 0.0695. The lowest BCUT2D eigenvalue weighted by Crippen LogP contribution is -2.56. The van der Waals surface area contributed by atoms with Crippen LogP contribution in [0.1, 0.15) is 29.6 Å². The summed E-state index contributed by atoms with van der Waals surface area (Å²) in [5.74, 6) is -0.282. The zero-order chi connectivity index (χ0) is 15.7. The SMILES string of the molecule is CN(C)c1ccc(C(=O)NCC2(S(N)(=O)=O)CCC2)cc1. The second kappa shape index (κ2) is 5.65. The van der Waals surface area contributed by atoms with Crippen LogP contribution in [0.5, 0.6) is 0 Å². The van der Waals surface area contributed by atoms with Gasteiger partial charge in [-0.25, -0.2) is 13.6 Å². The van der Waals surface area contributed by atoms with Gasteiger partial charge >= 0.3 is 0 Å². The van der Waals surface area contributed by atoms with E-state index in [0.717, 1.165) is 12.1 Å². The van der Waals surface area contributed by atoms with E-state index in [1.807, 2.05) is 31.1 Å². The third-order valence-electron chi connectivity index (χ3n) is 4.09. The summed E-state index contributed by atoms with van der Waals surface area (Å²) in [6.45, 7) is 0.0695. The Bertz CT molecular complexity index is 619. The van der Waals surface area contributed by atoms with Gasteiger partial charge in [-0.2, -0.15) is 0 Å². The molecule has 1 aliphatic rings. The number of primary sulfonamides is 1. The lowest BCUT2D eigenvalue weighted by molar-refractivity contribution is 0.0943. The molecular weight excluding hydrogens is 290 g/mol. The lowest BCUT2D eigenvalue weighted by atomic mass is 9.84. The summed E-state index contributed by atoms with van der Waals surface area (Å²) in [4.78, 5) is 14.0. The average molecular weight is 311 g/mol. The van der Waals surface area contributed by atoms with Crippen molar-refractivity contribution in [3.8, 4) is 0 Å². The Morgan fingerprint density at radius 1 is 1.29 bits per heavy atom. The summed E-state index contributed by atoms with van der Waals surface area (Å²) in [6.07, 6.45) is 1.83. The summed E-state index contributed by atoms with van der Waals surface area (Å²) in [5, 5.41) is 7.95. The molecule has 0 radical (unpaired) electrons. The van der Waals surface area contributed by atoms with Crippen molar-refractivity contribution in [2.24, 2.45) is 5.14 Å². The number of amides is 1. The summed E-state index contributed by atoms with van der Waals surface area (Å²) < 4.78 is 22.3. The fourth-order valence-corrected chi connectivity index (χ4v) is 3.52. The van der Waals surface area contributed by atoms with Crippen LogP contribution in [-0.2, 0) is 10.0 Å². The van der Waals surface area contributed by atoms with Crippen LogP contribution in [0.2, 0.25) is 0 Å². The number of rotatable bonds is 5. The van der Waals surface area contributed by atoms with E-state index in [0.29, 0.717) is 18.4 Å². The van der Waals surface area contributed by atoms with Crippen molar-refractivity contribution in [1.82, 2.24) is 5.32 Å². The molecule has 7 heteroatoms. The van der Waals surface area contributed by atoms with Crippen LogP contribution in [0, 0.1) is 0 Å². The van der Waals surface area contributed by atoms with Crippen LogP contribution in [0.25, 0.3) is 0 Å². The van der Waals surface area contributed by atoms with Gasteiger partial charge in [0.25, 0.3) is 5.91 Å². The minimum Gasteiger partial charge on any atom is -0.378 e. The van der Waals surface area contributed by atoms with E-state index >= 15 is 0 Å². The Labute approximate surface area is 125 Å². The Balaban J connectivity index is 2.02. The highest BCUT2D eigenvalue weighted by Gasteiger charge is 2.47. The first-order chi connectivity index (χ1) is 9.75. The Kier molecular flexibility index (Phi) is 4.25. The molecule has 116 valence electrons. The molecule has 1 fully saturated rings. The second-order valence-corrected chi connectivity index (χ2v) is 7.66. The molecule has 0 saturated heterocycles. The first-order valence-electron chi connectivity index (χ1n) is 6.83. The fraction of sp³-hybridized carbons (Fsp3) is 0.500. The van der Waals surface area contributed by atoms with Crippen LogP contribution in [0.4, 0.5) is 5.69 Å². The maximum Gasteiger partial charge on any atom is 0.251 e. The maximum absolute atomic E-state index is 12.1. The number of anilines is 1. The number of carbonyl (C=O) groups excluding carboxylic acids is 1. The average Bonchev–Trinajstić information content (AvgIpc) is 2.35. The van der Waals surface area contributed by atoms with Gasteiger partial charge in [-0.05, 0) is 37.1 Å². The number of hydrogen-bond acceptors (Lipinski definition) is 4. The lowest BCUT2D eigenvalue weighted by Gasteiger charge is -2.39. The van der Waals surface area contributed by atoms with Crippen molar-refractivity contribution >= 4 is 21.6 Å². The molecule has 1 amide bonds. The molecule has 1 saturated carbocycles. The van der Waals surface area contributed by atoms with Gasteiger partial charge in [0.2, 0.25) is 10.0 Å². The minimum atomic E-state index is -3.64. The molecule has 0 spiro atoms. The van der Waals surface area contributed by atoms with Crippen LogP contribution >= 0.6 is 0 Å². The van der Waals surface area contributed by atoms with Crippen molar-refractivity contribution in [2.75, 3.05) is 25.5 Å². The van der Waals surface area contributed by atoms with E-state index in [2.05, 4.69) is 5.32 Å². The molecule has 21 heavy (non-hydrogen) atoms. The molecule has 6 nitrogen and oxygen atoms in total. The van der Waals surface area contributed by atoms with E-state index in [9.17, 15) is 13.2 Å². The molecule has 2 rings (SSSR count). The van der Waals surface area contributed by atoms with Crippen LogP contribution < -0.4 is 15.4 Å². The van der Waals surface area contributed by atoms with Gasteiger partial charge in [0.1, 0.15) is 4.75 Å². The third kappa shape index (κ3) is 3.19. The molecule has 0 aromatic heterocycles. The number of nitrogens with two attached hydrogens (primary N) is 1. The van der Waals surface area contributed by atoms with E-state index in [-0.39, 0.29) is 12.5 Å². The van der Waals surface area contributed by atoms with E-state index in [1.54, 1.807) is 12.1 Å². The molecule has 0 heterocycles. The van der Waals surface area contributed by atoms with Gasteiger partial charge in [0, 0.05) is 31.9 Å². The largest absolute Gasteiger partial charge is 0.378 e. The van der Waals surface area contributed by atoms with Gasteiger partial charge in [-0.15, -0.1) is 0 Å². The van der Waals surface area contributed by atoms with Crippen molar-refractivity contribution in [3.63, 3.8) is 0 Å². The molecule has 0 bridgehead atoms. The molecular formula is C14H21N3O3S. The van der Waals surface area contributed by atoms with E-state index in [4.69, 9.17) is 5.14 Å². The predicted molar refractivity (Wildman–Crippen MR) is 82.8 cm³/mol. The topological polar surface area (TPSA) is 92.5 Å². The van der Waals surface area contributed by atoms with Gasteiger partial charge in [-0.3, -0.25) is 4.79 Å². The van der Waals surface area contributed by atoms with Gasteiger partial charge in [-0.1, -0.05) is 6.42 Å². The van der Waals surface area contributed by atoms with Crippen molar-refractivity contribution in [1.29, 1.82) is 0 Å². The number of carbonyl (C=O) groups is 1. The Hall–Kier alpha value is -1.60. The highest BCUT2D eigenvalue weighted by Crippen LogP contribution is 2.37. The van der Waals surface area contributed by atoms with Gasteiger partial charge in [0.15, 0.2) is 0 Å². The number of nitrogens with one attached hydrogen (secondary N) is 1. The third-order valence-corrected chi connectivity index (χ3v) is 5.85. The van der Waals surface area contributed by atoms with Crippen LogP contribution in [-0.4, -0.2) is 39.7 Å². The summed E-state index contributed by atoms with van der Waals surface area (Å²) in [7, 11) is 0.191. The monoisotopic (exact) mass is 311 g/mol. The smallest absolute Gasteiger partial charge is 0.251 e. The molecule has 0 unspecified atom stereocenters. The molecule has 0 aliphatic heterocycles. The summed E-state index contributed by atoms with van der Waals surface area (Å²) in [5.41, 5.74) is 1.50. The number of nitrogens with zero attached hydrogens (tertiary/aromatic N) is 1. The standard InChI is InChI=1S/C14H21N3O3S/c1-17(2)12-6-4-11(5-7-12)13(18)16-10-14(8-3-9-14)21(15,19)20/h4-7H,3,8-10H2,1-2H3,(H,16,18)(H2,15,19,20). The molecule has 0 atom stereocenters. The molecule has 1 aliphatic carbocycles. The quantitative estimate of drug-likeness (QED) is 0.837. The number of benzene rings is 1. The highest BCUT2D eigenvalue weighted by molar-refractivity contribution is 7.90. The zero-order valence-corrected chi connectivity index (χ0v) is 13.1. The van der Waals surface area contributed by atoms with E-state index in [1.165, 1.54) is 0 Å². The van der Waals surface area contributed by atoms with Crippen molar-refractivity contribution < 1.29 is 13.2 Å². The van der Waals surface area contributed by atoms with Crippen LogP contribution in [0.15, 0.2) is 24.3 Å². The van der Waals surface area contributed by atoms with Gasteiger partial charge < -0.3 is 10.2 Å². The van der Waals surface area contributed by atoms with E-state index < -0.39 is 14.8 Å². The molecule has 3 N–H and O–H groups in total. The fourth-order valence-electron chi connectivity index (χ4n) is 2.39. The number of sulfonamides is 1. The molecule has 1 aromatic rings. The summed E-state index contributed by atoms with van der Waals surface area (Å²) in [6, 6.07) is 7.12. The zero-order valence-electron chi connectivity index (χ0n) is 12.3. The Morgan fingerprint density at radius 2 is 1.86 bits per heavy atom. The normalized spacial score (nSPS) is 16.9. The first-order valence-corrected chi connectivity index (χ1v) is 8.38. The highest BCUT2D eigenvalue weighted by atomic mass is 32.2. The Morgan fingerprint density at radius 3 is 2.24 bits per heavy atom. The maximum atomic E-state index is 12.1.